The van der Waals surface area contributed by atoms with Crippen molar-refractivity contribution in [3.63, 3.8) is 0 Å². The molecule has 0 spiro atoms. The van der Waals surface area contributed by atoms with E-state index in [1.165, 1.54) is 5.56 Å². The summed E-state index contributed by atoms with van der Waals surface area (Å²) in [7, 11) is 4.10. The minimum absolute atomic E-state index is 0.162. The molecule has 0 saturated carbocycles. The lowest BCUT2D eigenvalue weighted by molar-refractivity contribution is 0.188. The molecule has 1 unspecified atom stereocenters. The van der Waals surface area contributed by atoms with Crippen LogP contribution in [-0.2, 0) is 0 Å². The molecule has 1 fully saturated rings. The fraction of sp³-hybridized carbons (Fsp3) is 0.579. The highest BCUT2D eigenvalue weighted by molar-refractivity contribution is 6.30. The summed E-state index contributed by atoms with van der Waals surface area (Å²) in [6.45, 7) is 4.83. The zero-order valence-corrected chi connectivity index (χ0v) is 17.2. The van der Waals surface area contributed by atoms with E-state index in [1.807, 2.05) is 24.3 Å². The van der Waals surface area contributed by atoms with Gasteiger partial charge in [0, 0.05) is 30.7 Å². The molecule has 1 aliphatic heterocycles. The Hall–Kier alpha value is -1.99. The van der Waals surface area contributed by atoms with Crippen molar-refractivity contribution in [2.75, 3.05) is 40.3 Å². The van der Waals surface area contributed by atoms with E-state index >= 15 is 0 Å². The maximum absolute atomic E-state index is 11.3. The Labute approximate surface area is 166 Å². The van der Waals surface area contributed by atoms with Gasteiger partial charge in [0.25, 0.3) is 0 Å². The van der Waals surface area contributed by atoms with Crippen molar-refractivity contribution in [1.29, 1.82) is 0 Å². The highest BCUT2D eigenvalue weighted by atomic mass is 35.5. The molecular weight excluding hydrogens is 364 g/mol. The molecule has 1 heterocycles. The number of primary amides is 1. The van der Waals surface area contributed by atoms with Crippen LogP contribution in [0.15, 0.2) is 29.3 Å². The van der Waals surface area contributed by atoms with Crippen molar-refractivity contribution in [2.24, 2.45) is 10.7 Å². The van der Waals surface area contributed by atoms with Gasteiger partial charge in [0.2, 0.25) is 0 Å². The quantitative estimate of drug-likeness (QED) is 0.509. The number of piperidine rings is 1. The Morgan fingerprint density at radius 1 is 1.33 bits per heavy atom. The third-order valence-corrected chi connectivity index (χ3v) is 5.04. The van der Waals surface area contributed by atoms with Crippen LogP contribution in [0.1, 0.15) is 31.4 Å². The van der Waals surface area contributed by atoms with Gasteiger partial charge in [-0.1, -0.05) is 23.7 Å². The van der Waals surface area contributed by atoms with E-state index in [0.29, 0.717) is 19.6 Å². The van der Waals surface area contributed by atoms with Gasteiger partial charge in [0.1, 0.15) is 0 Å². The first-order valence-corrected chi connectivity index (χ1v) is 9.79. The maximum atomic E-state index is 11.3. The number of rotatable bonds is 6. The fourth-order valence-corrected chi connectivity index (χ4v) is 3.31. The lowest BCUT2D eigenvalue weighted by Crippen LogP contribution is -2.50. The van der Waals surface area contributed by atoms with E-state index in [1.54, 1.807) is 4.90 Å². The first-order chi connectivity index (χ1) is 12.9. The first kappa shape index (κ1) is 21.3. The monoisotopic (exact) mass is 394 g/mol. The standard InChI is InChI=1S/C19H31ClN6O/c1-4-22-19(24-16-9-11-26(12-10-16)18(21)27)23-13-17(25(2)3)14-5-7-15(20)8-6-14/h5-8,16-17H,4,9-13H2,1-3H3,(H2,21,27)(H2,22,23,24). The van der Waals surface area contributed by atoms with Crippen LogP contribution in [0.5, 0.6) is 0 Å². The number of aliphatic imine (C=N–C) groups is 1. The number of carbonyl (C=O) groups excluding carboxylic acids is 1. The smallest absolute Gasteiger partial charge is 0.314 e. The van der Waals surface area contributed by atoms with Crippen LogP contribution in [-0.4, -0.2) is 68.1 Å². The summed E-state index contributed by atoms with van der Waals surface area (Å²) in [4.78, 5) is 19.9. The number of likely N-dealkylation sites (tertiary alicyclic amines) is 1. The Balaban J connectivity index is 2.00. The van der Waals surface area contributed by atoms with Crippen molar-refractivity contribution >= 4 is 23.6 Å². The number of benzene rings is 1. The predicted molar refractivity (Wildman–Crippen MR) is 111 cm³/mol. The van der Waals surface area contributed by atoms with E-state index < -0.39 is 0 Å². The number of carbonyl (C=O) groups is 1. The molecule has 4 N–H and O–H groups in total. The molecular formula is C19H31ClN6O. The molecule has 0 aliphatic carbocycles. The van der Waals surface area contributed by atoms with Crippen molar-refractivity contribution in [3.05, 3.63) is 34.9 Å². The number of likely N-dealkylation sites (N-methyl/N-ethyl adjacent to an activating group) is 1. The van der Waals surface area contributed by atoms with E-state index in [4.69, 9.17) is 22.3 Å². The van der Waals surface area contributed by atoms with Gasteiger partial charge in [-0.05, 0) is 51.6 Å². The topological polar surface area (TPSA) is 86.0 Å². The number of guanidine groups is 1. The van der Waals surface area contributed by atoms with Gasteiger partial charge in [0.15, 0.2) is 5.96 Å². The second-order valence-corrected chi connectivity index (χ2v) is 7.43. The second-order valence-electron chi connectivity index (χ2n) is 6.99. The van der Waals surface area contributed by atoms with Crippen LogP contribution >= 0.6 is 11.6 Å². The summed E-state index contributed by atoms with van der Waals surface area (Å²) in [5.41, 5.74) is 6.53. The number of nitrogens with one attached hydrogen (secondary N) is 2. The third-order valence-electron chi connectivity index (χ3n) is 4.79. The molecule has 27 heavy (non-hydrogen) atoms. The van der Waals surface area contributed by atoms with Gasteiger partial charge in [0.05, 0.1) is 12.6 Å². The Morgan fingerprint density at radius 3 is 2.48 bits per heavy atom. The minimum Gasteiger partial charge on any atom is -0.357 e. The van der Waals surface area contributed by atoms with Gasteiger partial charge in [-0.25, -0.2) is 4.79 Å². The molecule has 0 aromatic heterocycles. The van der Waals surface area contributed by atoms with Crippen LogP contribution in [0.3, 0.4) is 0 Å². The summed E-state index contributed by atoms with van der Waals surface area (Å²) >= 11 is 6.01. The zero-order chi connectivity index (χ0) is 19.8. The van der Waals surface area contributed by atoms with Crippen molar-refractivity contribution in [2.45, 2.75) is 31.8 Å². The number of nitrogens with zero attached hydrogens (tertiary/aromatic N) is 3. The van der Waals surface area contributed by atoms with E-state index in [-0.39, 0.29) is 18.1 Å². The number of halogens is 1. The molecule has 1 aromatic carbocycles. The average Bonchev–Trinajstić information content (AvgIpc) is 2.63. The normalized spacial score (nSPS) is 17.1. The van der Waals surface area contributed by atoms with Crippen molar-refractivity contribution in [3.8, 4) is 0 Å². The summed E-state index contributed by atoms with van der Waals surface area (Å²) in [5, 5.41) is 7.54. The Kier molecular flexibility index (Phi) is 8.19. The molecule has 2 rings (SSSR count). The molecule has 1 aromatic rings. The number of amides is 2. The Morgan fingerprint density at radius 2 is 1.96 bits per heavy atom. The van der Waals surface area contributed by atoms with Crippen LogP contribution in [0, 0.1) is 0 Å². The molecule has 7 nitrogen and oxygen atoms in total. The number of nitrogens with two attached hydrogens (primary N) is 1. The third kappa shape index (κ3) is 6.59. The van der Waals surface area contributed by atoms with E-state index in [9.17, 15) is 4.79 Å². The fourth-order valence-electron chi connectivity index (χ4n) is 3.19. The SMILES string of the molecule is CCNC(=NCC(c1ccc(Cl)cc1)N(C)C)NC1CCN(C(N)=O)CC1. The molecule has 1 atom stereocenters. The predicted octanol–water partition coefficient (Wildman–Crippen LogP) is 2.04. The van der Waals surface area contributed by atoms with Crippen LogP contribution in [0.4, 0.5) is 4.79 Å². The maximum Gasteiger partial charge on any atom is 0.314 e. The second kappa shape index (κ2) is 10.4. The lowest BCUT2D eigenvalue weighted by Gasteiger charge is -2.32. The summed E-state index contributed by atoms with van der Waals surface area (Å²) in [6, 6.07) is 8.01. The molecule has 8 heteroatoms. The van der Waals surface area contributed by atoms with Crippen molar-refractivity contribution < 1.29 is 4.79 Å². The molecule has 0 bridgehead atoms. The summed E-state index contributed by atoms with van der Waals surface area (Å²) < 4.78 is 0. The molecule has 1 aliphatic rings. The van der Waals surface area contributed by atoms with Crippen LogP contribution in [0.2, 0.25) is 5.02 Å². The van der Waals surface area contributed by atoms with Gasteiger partial charge < -0.3 is 26.2 Å². The van der Waals surface area contributed by atoms with Crippen LogP contribution in [0.25, 0.3) is 0 Å². The zero-order valence-electron chi connectivity index (χ0n) is 16.4. The van der Waals surface area contributed by atoms with E-state index in [0.717, 1.165) is 30.4 Å². The number of hydrogen-bond acceptors (Lipinski definition) is 3. The molecule has 0 radical (unpaired) electrons. The summed E-state index contributed by atoms with van der Waals surface area (Å²) in [6.07, 6.45) is 1.73. The number of hydrogen-bond donors (Lipinski definition) is 3. The first-order valence-electron chi connectivity index (χ1n) is 9.41. The van der Waals surface area contributed by atoms with Gasteiger partial charge in [-0.2, -0.15) is 0 Å². The summed E-state index contributed by atoms with van der Waals surface area (Å²) in [5.74, 6) is 0.802. The molecule has 150 valence electrons. The highest BCUT2D eigenvalue weighted by Gasteiger charge is 2.22. The molecule has 2 amide bonds. The van der Waals surface area contributed by atoms with E-state index in [2.05, 4.69) is 36.6 Å². The van der Waals surface area contributed by atoms with Crippen LogP contribution < -0.4 is 16.4 Å². The highest BCUT2D eigenvalue weighted by Crippen LogP contribution is 2.21. The largest absolute Gasteiger partial charge is 0.357 e. The van der Waals surface area contributed by atoms with Gasteiger partial charge in [-0.3, -0.25) is 4.99 Å². The Bertz CT molecular complexity index is 626. The number of urea groups is 1. The lowest BCUT2D eigenvalue weighted by atomic mass is 10.1. The molecule has 1 saturated heterocycles. The van der Waals surface area contributed by atoms with Gasteiger partial charge in [-0.15, -0.1) is 0 Å². The van der Waals surface area contributed by atoms with Crippen molar-refractivity contribution in [1.82, 2.24) is 20.4 Å². The minimum atomic E-state index is -0.342. The van der Waals surface area contributed by atoms with Gasteiger partial charge >= 0.3 is 6.03 Å². The average molecular weight is 395 g/mol.